The summed E-state index contributed by atoms with van der Waals surface area (Å²) in [4.78, 5) is 30.6. The molecule has 8 nitrogen and oxygen atoms in total. The molecule has 0 radical (unpaired) electrons. The molecular formula is C22H26N6O2S. The number of hydrogen-bond donors (Lipinski definition) is 0. The van der Waals surface area contributed by atoms with Gasteiger partial charge in [-0.1, -0.05) is 23.9 Å². The number of benzene rings is 1. The van der Waals surface area contributed by atoms with Crippen molar-refractivity contribution in [2.24, 2.45) is 0 Å². The molecule has 3 aromatic rings. The van der Waals surface area contributed by atoms with Crippen molar-refractivity contribution in [3.8, 4) is 0 Å². The summed E-state index contributed by atoms with van der Waals surface area (Å²) in [5.74, 6) is 1.08. The van der Waals surface area contributed by atoms with Crippen LogP contribution < -0.4 is 4.90 Å². The van der Waals surface area contributed by atoms with Gasteiger partial charge in [-0.05, 0) is 37.3 Å². The molecule has 2 aliphatic rings. The highest BCUT2D eigenvalue weighted by Crippen LogP contribution is 2.32. The smallest absolute Gasteiger partial charge is 0.242 e. The fourth-order valence-corrected chi connectivity index (χ4v) is 4.84. The van der Waals surface area contributed by atoms with Crippen LogP contribution in [0.25, 0.3) is 11.0 Å². The number of aromatic nitrogens is 4. The standard InChI is InChI=1S/C22H26N6O2S/c1-31-21-23-9-6-19(25-21)26-10-7-22(8-11-26)15-27(12-13-30-22)20(29)14-28-16-24-17-4-2-3-5-18(17)28/h2-6,9,16H,7-8,10-15H2,1H3. The molecule has 2 aromatic heterocycles. The molecule has 2 saturated heterocycles. The number of amides is 1. The van der Waals surface area contributed by atoms with Gasteiger partial charge in [-0.15, -0.1) is 0 Å². The number of carbonyl (C=O) groups is 1. The van der Waals surface area contributed by atoms with Gasteiger partial charge in [-0.3, -0.25) is 4.79 Å². The van der Waals surface area contributed by atoms with Crippen LogP contribution >= 0.6 is 11.8 Å². The summed E-state index contributed by atoms with van der Waals surface area (Å²) in [7, 11) is 0. The molecule has 0 unspecified atom stereocenters. The van der Waals surface area contributed by atoms with E-state index in [0.29, 0.717) is 26.2 Å². The molecular weight excluding hydrogens is 412 g/mol. The van der Waals surface area contributed by atoms with E-state index in [1.165, 1.54) is 0 Å². The maximum atomic E-state index is 13.1. The van der Waals surface area contributed by atoms with Gasteiger partial charge in [0.2, 0.25) is 5.91 Å². The van der Waals surface area contributed by atoms with Crippen LogP contribution in [0.1, 0.15) is 12.8 Å². The fourth-order valence-electron chi connectivity index (χ4n) is 4.49. The minimum absolute atomic E-state index is 0.119. The van der Waals surface area contributed by atoms with Gasteiger partial charge in [0.15, 0.2) is 5.16 Å². The first-order valence-electron chi connectivity index (χ1n) is 10.6. The zero-order chi connectivity index (χ0) is 21.3. The number of para-hydroxylation sites is 2. The number of anilines is 1. The lowest BCUT2D eigenvalue weighted by Gasteiger charge is -2.47. The molecule has 0 bridgehead atoms. The summed E-state index contributed by atoms with van der Waals surface area (Å²) >= 11 is 1.55. The molecule has 1 aromatic carbocycles. The van der Waals surface area contributed by atoms with E-state index in [-0.39, 0.29) is 11.5 Å². The van der Waals surface area contributed by atoms with Crippen LogP contribution in [0.5, 0.6) is 0 Å². The lowest BCUT2D eigenvalue weighted by atomic mass is 9.89. The number of nitrogens with zero attached hydrogens (tertiary/aromatic N) is 6. The summed E-state index contributed by atoms with van der Waals surface area (Å²) < 4.78 is 8.18. The summed E-state index contributed by atoms with van der Waals surface area (Å²) in [6.45, 7) is 3.89. The number of ether oxygens (including phenoxy) is 1. The van der Waals surface area contributed by atoms with E-state index in [4.69, 9.17) is 4.74 Å². The van der Waals surface area contributed by atoms with E-state index in [9.17, 15) is 4.79 Å². The van der Waals surface area contributed by atoms with Crippen molar-refractivity contribution < 1.29 is 9.53 Å². The number of morpholine rings is 1. The molecule has 162 valence electrons. The number of rotatable bonds is 4. The number of imidazole rings is 1. The molecule has 5 rings (SSSR count). The Kier molecular flexibility index (Phi) is 5.54. The van der Waals surface area contributed by atoms with Gasteiger partial charge < -0.3 is 19.1 Å². The van der Waals surface area contributed by atoms with Crippen LogP contribution in [-0.2, 0) is 16.1 Å². The molecule has 0 saturated carbocycles. The van der Waals surface area contributed by atoms with Crippen LogP contribution in [0, 0.1) is 0 Å². The van der Waals surface area contributed by atoms with Crippen LogP contribution in [0.3, 0.4) is 0 Å². The zero-order valence-electron chi connectivity index (χ0n) is 17.6. The van der Waals surface area contributed by atoms with Crippen molar-refractivity contribution in [3.63, 3.8) is 0 Å². The molecule has 0 N–H and O–H groups in total. The number of carbonyl (C=O) groups excluding carboxylic acids is 1. The Labute approximate surface area is 185 Å². The third kappa shape index (κ3) is 4.12. The predicted octanol–water partition coefficient (Wildman–Crippen LogP) is 2.45. The summed E-state index contributed by atoms with van der Waals surface area (Å²) in [6.07, 6.45) is 7.31. The Morgan fingerprint density at radius 1 is 1.16 bits per heavy atom. The highest BCUT2D eigenvalue weighted by Gasteiger charge is 2.41. The van der Waals surface area contributed by atoms with Crippen molar-refractivity contribution >= 4 is 34.5 Å². The maximum absolute atomic E-state index is 13.1. The Hall–Kier alpha value is -2.65. The Balaban J connectivity index is 1.23. The largest absolute Gasteiger partial charge is 0.371 e. The summed E-state index contributed by atoms with van der Waals surface area (Å²) in [5.41, 5.74) is 1.63. The maximum Gasteiger partial charge on any atom is 0.242 e. The van der Waals surface area contributed by atoms with E-state index in [1.807, 2.05) is 52.3 Å². The number of hydrogen-bond acceptors (Lipinski definition) is 7. The highest BCUT2D eigenvalue weighted by molar-refractivity contribution is 7.98. The number of fused-ring (bicyclic) bond motifs is 1. The topological polar surface area (TPSA) is 76.4 Å². The van der Waals surface area contributed by atoms with E-state index in [2.05, 4.69) is 19.9 Å². The van der Waals surface area contributed by atoms with Crippen LogP contribution in [0.2, 0.25) is 0 Å². The summed E-state index contributed by atoms with van der Waals surface area (Å²) in [5, 5.41) is 0.788. The molecule has 1 spiro atoms. The monoisotopic (exact) mass is 438 g/mol. The van der Waals surface area contributed by atoms with Crippen molar-refractivity contribution in [1.29, 1.82) is 0 Å². The minimum atomic E-state index is -0.267. The molecule has 4 heterocycles. The van der Waals surface area contributed by atoms with E-state index < -0.39 is 0 Å². The quantitative estimate of drug-likeness (QED) is 0.457. The lowest BCUT2D eigenvalue weighted by Crippen LogP contribution is -2.58. The second kappa shape index (κ2) is 8.47. The van der Waals surface area contributed by atoms with Crippen molar-refractivity contribution in [2.75, 3.05) is 43.9 Å². The second-order valence-corrected chi connectivity index (χ2v) is 8.87. The zero-order valence-corrected chi connectivity index (χ0v) is 18.4. The average molecular weight is 439 g/mol. The minimum Gasteiger partial charge on any atom is -0.371 e. The highest BCUT2D eigenvalue weighted by atomic mass is 32.2. The van der Waals surface area contributed by atoms with Gasteiger partial charge >= 0.3 is 0 Å². The average Bonchev–Trinajstić information content (AvgIpc) is 3.22. The Morgan fingerprint density at radius 3 is 2.84 bits per heavy atom. The van der Waals surface area contributed by atoms with E-state index in [1.54, 1.807) is 18.1 Å². The van der Waals surface area contributed by atoms with Crippen LogP contribution in [0.15, 0.2) is 48.0 Å². The van der Waals surface area contributed by atoms with Gasteiger partial charge in [0.25, 0.3) is 0 Å². The second-order valence-electron chi connectivity index (χ2n) is 8.10. The van der Waals surface area contributed by atoms with Gasteiger partial charge in [0.05, 0.1) is 29.6 Å². The summed E-state index contributed by atoms with van der Waals surface area (Å²) in [6, 6.07) is 9.87. The van der Waals surface area contributed by atoms with Gasteiger partial charge in [0, 0.05) is 32.4 Å². The molecule has 0 atom stereocenters. The van der Waals surface area contributed by atoms with Gasteiger partial charge in [-0.25, -0.2) is 15.0 Å². The SMILES string of the molecule is CSc1nccc(N2CCC3(CC2)CN(C(=O)Cn2cnc4ccccc42)CCO3)n1. The van der Waals surface area contributed by atoms with Crippen molar-refractivity contribution in [3.05, 3.63) is 42.9 Å². The predicted molar refractivity (Wildman–Crippen MR) is 120 cm³/mol. The molecule has 31 heavy (non-hydrogen) atoms. The third-order valence-corrected chi connectivity index (χ3v) is 6.80. The van der Waals surface area contributed by atoms with Crippen LogP contribution in [-0.4, -0.2) is 75.0 Å². The fraction of sp³-hybridized carbons (Fsp3) is 0.455. The van der Waals surface area contributed by atoms with Crippen molar-refractivity contribution in [1.82, 2.24) is 24.4 Å². The first kappa shape index (κ1) is 20.3. The molecule has 0 aliphatic carbocycles. The Bertz CT molecular complexity index is 1080. The van der Waals surface area contributed by atoms with E-state index >= 15 is 0 Å². The number of piperidine rings is 1. The first-order chi connectivity index (χ1) is 15.2. The third-order valence-electron chi connectivity index (χ3n) is 6.23. The molecule has 9 heteroatoms. The normalized spacial score (nSPS) is 18.6. The number of thioether (sulfide) groups is 1. The van der Waals surface area contributed by atoms with Crippen molar-refractivity contribution in [2.45, 2.75) is 30.1 Å². The molecule has 2 aliphatic heterocycles. The first-order valence-corrected chi connectivity index (χ1v) is 11.8. The Morgan fingerprint density at radius 2 is 2.00 bits per heavy atom. The molecule has 1 amide bonds. The van der Waals surface area contributed by atoms with Gasteiger partial charge in [0.1, 0.15) is 12.4 Å². The van der Waals surface area contributed by atoms with Crippen LogP contribution in [0.4, 0.5) is 5.82 Å². The van der Waals surface area contributed by atoms with Gasteiger partial charge in [-0.2, -0.15) is 0 Å². The molecule has 2 fully saturated rings. The van der Waals surface area contributed by atoms with E-state index in [0.717, 1.165) is 47.9 Å². The lowest BCUT2D eigenvalue weighted by molar-refractivity contribution is -0.154.